The van der Waals surface area contributed by atoms with Crippen LogP contribution in [0.15, 0.2) is 18.2 Å². The van der Waals surface area contributed by atoms with Gasteiger partial charge in [-0.3, -0.25) is 0 Å². The van der Waals surface area contributed by atoms with E-state index < -0.39 is 6.04 Å². The number of hydrogen-bond acceptors (Lipinski definition) is 3. The molecule has 0 aliphatic heterocycles. The smallest absolute Gasteiger partial charge is 0.329 e. The van der Waals surface area contributed by atoms with Gasteiger partial charge in [-0.1, -0.05) is 33.3 Å². The molecule has 4 heteroatoms. The second kappa shape index (κ2) is 8.90. The summed E-state index contributed by atoms with van der Waals surface area (Å²) in [5, 5.41) is 0. The minimum atomic E-state index is -0.411. The molecule has 1 aromatic rings. The fourth-order valence-corrected chi connectivity index (χ4v) is 2.58. The molecule has 0 aromatic heterocycles. The third kappa shape index (κ3) is 5.52. The van der Waals surface area contributed by atoms with E-state index in [0.29, 0.717) is 12.1 Å². The predicted molar refractivity (Wildman–Crippen MR) is 93.2 cm³/mol. The van der Waals surface area contributed by atoms with Crippen LogP contribution in [0.4, 0.5) is 10.1 Å². The van der Waals surface area contributed by atoms with Crippen LogP contribution in [0, 0.1) is 18.7 Å². The van der Waals surface area contributed by atoms with E-state index in [1.54, 1.807) is 13.0 Å². The van der Waals surface area contributed by atoms with Crippen LogP contribution in [0.2, 0.25) is 0 Å². The number of hydrogen-bond donors (Lipinski definition) is 0. The zero-order chi connectivity index (χ0) is 17.6. The number of ether oxygens (including phenoxy) is 1. The van der Waals surface area contributed by atoms with E-state index in [4.69, 9.17) is 4.74 Å². The van der Waals surface area contributed by atoms with E-state index >= 15 is 0 Å². The molecule has 1 unspecified atom stereocenters. The van der Waals surface area contributed by atoms with Crippen LogP contribution in [0.5, 0.6) is 0 Å². The van der Waals surface area contributed by atoms with Crippen LogP contribution in [-0.4, -0.2) is 24.7 Å². The van der Waals surface area contributed by atoms with Gasteiger partial charge in [0.15, 0.2) is 0 Å². The second-order valence-corrected chi connectivity index (χ2v) is 6.65. The Kier molecular flexibility index (Phi) is 7.53. The number of aryl methyl sites for hydroxylation is 1. The van der Waals surface area contributed by atoms with E-state index in [-0.39, 0.29) is 23.8 Å². The molecule has 0 saturated heterocycles. The Hall–Kier alpha value is -1.58. The van der Waals surface area contributed by atoms with Crippen molar-refractivity contribution in [2.75, 3.05) is 11.4 Å². The molecule has 0 N–H and O–H groups in total. The molecule has 23 heavy (non-hydrogen) atoms. The number of esters is 1. The summed E-state index contributed by atoms with van der Waals surface area (Å²) in [6.45, 7) is 12.2. The Morgan fingerprint density at radius 3 is 2.39 bits per heavy atom. The van der Waals surface area contributed by atoms with Crippen molar-refractivity contribution >= 4 is 11.7 Å². The minimum Gasteiger partial charge on any atom is -0.461 e. The average Bonchev–Trinajstić information content (AvgIpc) is 2.45. The maximum atomic E-state index is 14.0. The quantitative estimate of drug-likeness (QED) is 0.649. The van der Waals surface area contributed by atoms with Gasteiger partial charge >= 0.3 is 5.97 Å². The molecule has 130 valence electrons. The van der Waals surface area contributed by atoms with E-state index in [1.807, 2.05) is 38.7 Å². The fourth-order valence-electron chi connectivity index (χ4n) is 2.58. The lowest BCUT2D eigenvalue weighted by molar-refractivity contribution is -0.150. The number of carbonyl (C=O) groups is 1. The summed E-state index contributed by atoms with van der Waals surface area (Å²) in [6, 6.07) is 4.75. The van der Waals surface area contributed by atoms with Crippen LogP contribution in [0.1, 0.15) is 53.0 Å². The van der Waals surface area contributed by atoms with Gasteiger partial charge in [-0.05, 0) is 50.8 Å². The van der Waals surface area contributed by atoms with Crippen molar-refractivity contribution in [1.29, 1.82) is 0 Å². The van der Waals surface area contributed by atoms with E-state index in [2.05, 4.69) is 6.92 Å². The molecule has 0 aliphatic carbocycles. The molecule has 1 aromatic carbocycles. The highest BCUT2D eigenvalue weighted by atomic mass is 19.1. The molecule has 0 radical (unpaired) electrons. The number of carbonyl (C=O) groups excluding carboxylic acids is 1. The molecule has 0 saturated carbocycles. The number of rotatable bonds is 8. The molecule has 0 aliphatic rings. The molecule has 0 heterocycles. The van der Waals surface area contributed by atoms with Gasteiger partial charge in [0, 0.05) is 12.2 Å². The summed E-state index contributed by atoms with van der Waals surface area (Å²) in [7, 11) is 0. The van der Waals surface area contributed by atoms with Crippen molar-refractivity contribution < 1.29 is 13.9 Å². The number of benzene rings is 1. The van der Waals surface area contributed by atoms with Crippen molar-refractivity contribution in [1.82, 2.24) is 0 Å². The first-order chi connectivity index (χ1) is 10.8. The first-order valence-corrected chi connectivity index (χ1v) is 8.51. The van der Waals surface area contributed by atoms with Gasteiger partial charge in [0.2, 0.25) is 0 Å². The van der Waals surface area contributed by atoms with Gasteiger partial charge in [0.25, 0.3) is 0 Å². The molecule has 0 spiro atoms. The zero-order valence-corrected chi connectivity index (χ0v) is 15.2. The molecular formula is C19H30FNO2. The van der Waals surface area contributed by atoms with Gasteiger partial charge in [-0.2, -0.15) is 0 Å². The molecule has 3 nitrogen and oxygen atoms in total. The first-order valence-electron chi connectivity index (χ1n) is 8.51. The lowest BCUT2D eigenvalue weighted by Crippen LogP contribution is -2.47. The van der Waals surface area contributed by atoms with Crippen molar-refractivity contribution in [2.45, 2.75) is 66.5 Å². The fraction of sp³-hybridized carbons (Fsp3) is 0.632. The highest BCUT2D eigenvalue weighted by molar-refractivity contribution is 5.80. The monoisotopic (exact) mass is 323 g/mol. The molecule has 0 fully saturated rings. The summed E-state index contributed by atoms with van der Waals surface area (Å²) < 4.78 is 19.4. The van der Waals surface area contributed by atoms with Crippen molar-refractivity contribution in [3.05, 3.63) is 29.6 Å². The number of halogens is 1. The Morgan fingerprint density at radius 1 is 1.26 bits per heavy atom. The van der Waals surface area contributed by atoms with E-state index in [0.717, 1.165) is 18.5 Å². The first kappa shape index (κ1) is 19.5. The lowest BCUT2D eigenvalue weighted by atomic mass is 10.0. The Balaban J connectivity index is 3.18. The Morgan fingerprint density at radius 2 is 1.91 bits per heavy atom. The largest absolute Gasteiger partial charge is 0.461 e. The number of unbranched alkanes of at least 4 members (excludes halogenated alkanes) is 1. The van der Waals surface area contributed by atoms with Gasteiger partial charge in [-0.15, -0.1) is 0 Å². The summed E-state index contributed by atoms with van der Waals surface area (Å²) in [6.07, 6.45) is 1.79. The summed E-state index contributed by atoms with van der Waals surface area (Å²) in [5.41, 5.74) is 1.34. The van der Waals surface area contributed by atoms with Gasteiger partial charge in [0.05, 0.1) is 6.10 Å². The zero-order valence-electron chi connectivity index (χ0n) is 15.2. The normalized spacial score (nSPS) is 12.6. The minimum absolute atomic E-state index is 0.0717. The third-order valence-corrected chi connectivity index (χ3v) is 3.80. The summed E-state index contributed by atoms with van der Waals surface area (Å²) in [5.74, 6) is -0.418. The second-order valence-electron chi connectivity index (χ2n) is 6.65. The van der Waals surface area contributed by atoms with Crippen LogP contribution >= 0.6 is 0 Å². The van der Waals surface area contributed by atoms with E-state index in [9.17, 15) is 9.18 Å². The molecule has 1 rings (SSSR count). The maximum Gasteiger partial charge on any atom is 0.329 e. The van der Waals surface area contributed by atoms with Crippen LogP contribution < -0.4 is 4.90 Å². The average molecular weight is 323 g/mol. The highest BCUT2D eigenvalue weighted by Crippen LogP contribution is 2.25. The highest BCUT2D eigenvalue weighted by Gasteiger charge is 2.31. The molecular weight excluding hydrogens is 293 g/mol. The van der Waals surface area contributed by atoms with Crippen LogP contribution in [0.25, 0.3) is 0 Å². The SMILES string of the molecule is CCCCN(c1ccc(C)c(F)c1)C(C(=O)OC(C)C)C(C)C. The Labute approximate surface area is 139 Å². The lowest BCUT2D eigenvalue weighted by Gasteiger charge is -2.35. The number of nitrogens with zero attached hydrogens (tertiary/aromatic N) is 1. The third-order valence-electron chi connectivity index (χ3n) is 3.80. The van der Waals surface area contributed by atoms with Gasteiger partial charge in [-0.25, -0.2) is 9.18 Å². The predicted octanol–water partition coefficient (Wildman–Crippen LogP) is 4.72. The van der Waals surface area contributed by atoms with Crippen LogP contribution in [0.3, 0.4) is 0 Å². The maximum absolute atomic E-state index is 14.0. The van der Waals surface area contributed by atoms with Crippen molar-refractivity contribution in [3.8, 4) is 0 Å². The standard InChI is InChI=1S/C19H30FNO2/c1-7-8-11-21(16-10-9-15(6)17(20)12-16)18(13(2)3)19(22)23-14(4)5/h9-10,12-14,18H,7-8,11H2,1-6H3. The number of anilines is 1. The van der Waals surface area contributed by atoms with Crippen molar-refractivity contribution in [3.63, 3.8) is 0 Å². The molecule has 0 amide bonds. The topological polar surface area (TPSA) is 29.5 Å². The Bertz CT molecular complexity index is 514. The van der Waals surface area contributed by atoms with Crippen LogP contribution in [-0.2, 0) is 9.53 Å². The molecule has 1 atom stereocenters. The van der Waals surface area contributed by atoms with Gasteiger partial charge < -0.3 is 9.64 Å². The summed E-state index contributed by atoms with van der Waals surface area (Å²) >= 11 is 0. The van der Waals surface area contributed by atoms with Gasteiger partial charge in [0.1, 0.15) is 11.9 Å². The van der Waals surface area contributed by atoms with Crippen molar-refractivity contribution in [2.24, 2.45) is 5.92 Å². The molecule has 0 bridgehead atoms. The summed E-state index contributed by atoms with van der Waals surface area (Å²) in [4.78, 5) is 14.6. The van der Waals surface area contributed by atoms with E-state index in [1.165, 1.54) is 6.07 Å².